The van der Waals surface area contributed by atoms with Crippen LogP contribution in [0.15, 0.2) is 64.9 Å². The Hall–Kier alpha value is -3.10. The number of phenols is 1. The molecule has 152 valence electrons. The van der Waals surface area contributed by atoms with Crippen LogP contribution in [-0.2, 0) is 11.8 Å². The minimum absolute atomic E-state index is 0.242. The Labute approximate surface area is 178 Å². The maximum atomic E-state index is 10.9. The van der Waals surface area contributed by atoms with E-state index in [0.29, 0.717) is 18.4 Å². The molecule has 1 aliphatic heterocycles. The first-order valence-corrected chi connectivity index (χ1v) is 10.6. The molecule has 0 aliphatic carbocycles. The van der Waals surface area contributed by atoms with Gasteiger partial charge >= 0.3 is 0 Å². The van der Waals surface area contributed by atoms with Crippen molar-refractivity contribution in [1.29, 1.82) is 0 Å². The fraction of sp³-hybridized carbons (Fsp3) is 0.227. The van der Waals surface area contributed by atoms with Crippen molar-refractivity contribution in [2.45, 2.75) is 10.1 Å². The number of hydrogen-bond donors (Lipinski definition) is 1. The molecule has 1 saturated heterocycles. The molecule has 0 unspecified atom stereocenters. The number of morpholine rings is 1. The Morgan fingerprint density at radius 3 is 2.60 bits per heavy atom. The van der Waals surface area contributed by atoms with Crippen LogP contribution in [0.25, 0.3) is 22.2 Å². The minimum Gasteiger partial charge on any atom is -0.507 e. The summed E-state index contributed by atoms with van der Waals surface area (Å²) < 4.78 is 7.41. The molecule has 0 amide bonds. The number of aromatic nitrogens is 4. The Balaban J connectivity index is 1.56. The third-order valence-corrected chi connectivity index (χ3v) is 6.42. The molecule has 0 saturated carbocycles. The van der Waals surface area contributed by atoms with E-state index in [1.165, 1.54) is 11.8 Å². The van der Waals surface area contributed by atoms with E-state index in [-0.39, 0.29) is 5.75 Å². The van der Waals surface area contributed by atoms with Crippen molar-refractivity contribution in [3.8, 4) is 17.1 Å². The van der Waals surface area contributed by atoms with Gasteiger partial charge in [-0.3, -0.25) is 4.98 Å². The molecule has 8 heteroatoms. The van der Waals surface area contributed by atoms with E-state index in [1.807, 2.05) is 48.0 Å². The Morgan fingerprint density at radius 1 is 1.03 bits per heavy atom. The predicted octanol–water partition coefficient (Wildman–Crippen LogP) is 3.72. The van der Waals surface area contributed by atoms with Gasteiger partial charge in [-0.15, -0.1) is 10.2 Å². The Kier molecular flexibility index (Phi) is 5.02. The molecule has 1 N–H and O–H groups in total. The number of phenolic OH excluding ortho intramolecular Hbond substituents is 1. The van der Waals surface area contributed by atoms with Crippen LogP contribution in [0.1, 0.15) is 0 Å². The fourth-order valence-electron chi connectivity index (χ4n) is 3.73. The molecule has 7 nitrogen and oxygen atoms in total. The second-order valence-electron chi connectivity index (χ2n) is 7.10. The highest BCUT2D eigenvalue weighted by molar-refractivity contribution is 7.99. The van der Waals surface area contributed by atoms with Crippen molar-refractivity contribution in [3.63, 3.8) is 0 Å². The first-order chi connectivity index (χ1) is 14.7. The molecular formula is C22H21N5O2S. The van der Waals surface area contributed by atoms with Crippen LogP contribution in [0.3, 0.4) is 0 Å². The van der Waals surface area contributed by atoms with E-state index in [1.54, 1.807) is 12.4 Å². The highest BCUT2D eigenvalue weighted by atomic mass is 32.2. The van der Waals surface area contributed by atoms with Crippen LogP contribution in [0, 0.1) is 0 Å². The molecule has 5 rings (SSSR count). The maximum Gasteiger partial charge on any atom is 0.196 e. The number of pyridine rings is 1. The van der Waals surface area contributed by atoms with Gasteiger partial charge in [0.2, 0.25) is 0 Å². The highest BCUT2D eigenvalue weighted by Gasteiger charge is 2.20. The summed E-state index contributed by atoms with van der Waals surface area (Å²) in [6, 6.07) is 13.8. The molecule has 30 heavy (non-hydrogen) atoms. The second kappa shape index (κ2) is 7.97. The summed E-state index contributed by atoms with van der Waals surface area (Å²) in [5.41, 5.74) is 1.93. The van der Waals surface area contributed by atoms with Gasteiger partial charge in [-0.05, 0) is 23.9 Å². The standard InChI is InChI=1S/C22H21N5O2S/c1-26-21(15-5-4-8-23-14-15)24-25-22(26)30-20-17-7-3-2-6-16(17)18(13-19(20)28)27-9-11-29-12-10-27/h2-8,13-14,28H,9-12H2,1H3. The van der Waals surface area contributed by atoms with Crippen LogP contribution in [0.5, 0.6) is 5.75 Å². The van der Waals surface area contributed by atoms with Gasteiger partial charge in [-0.1, -0.05) is 24.3 Å². The third-order valence-electron chi connectivity index (χ3n) is 5.25. The van der Waals surface area contributed by atoms with Crippen LogP contribution < -0.4 is 4.90 Å². The average molecular weight is 420 g/mol. The molecule has 0 bridgehead atoms. The molecule has 1 aliphatic rings. The monoisotopic (exact) mass is 419 g/mol. The lowest BCUT2D eigenvalue weighted by molar-refractivity contribution is 0.123. The lowest BCUT2D eigenvalue weighted by Gasteiger charge is -2.30. The molecule has 3 heterocycles. The number of hydrogen-bond acceptors (Lipinski definition) is 7. The van der Waals surface area contributed by atoms with Crippen molar-refractivity contribution in [1.82, 2.24) is 19.7 Å². The smallest absolute Gasteiger partial charge is 0.196 e. The summed E-state index contributed by atoms with van der Waals surface area (Å²) in [6.07, 6.45) is 3.50. The molecular weight excluding hydrogens is 398 g/mol. The summed E-state index contributed by atoms with van der Waals surface area (Å²) in [5, 5.41) is 22.4. The van der Waals surface area contributed by atoms with Crippen molar-refractivity contribution in [2.75, 3.05) is 31.2 Å². The van der Waals surface area contributed by atoms with Gasteiger partial charge in [0.15, 0.2) is 11.0 Å². The van der Waals surface area contributed by atoms with Gasteiger partial charge in [-0.25, -0.2) is 0 Å². The predicted molar refractivity (Wildman–Crippen MR) is 117 cm³/mol. The average Bonchev–Trinajstić information content (AvgIpc) is 3.16. The number of rotatable bonds is 4. The number of benzene rings is 2. The number of fused-ring (bicyclic) bond motifs is 1. The summed E-state index contributed by atoms with van der Waals surface area (Å²) in [5.74, 6) is 0.977. The highest BCUT2D eigenvalue weighted by Crippen LogP contribution is 2.44. The molecule has 2 aromatic heterocycles. The third kappa shape index (κ3) is 3.38. The van der Waals surface area contributed by atoms with Gasteiger partial charge in [0.05, 0.1) is 18.1 Å². The lowest BCUT2D eigenvalue weighted by atomic mass is 10.1. The van der Waals surface area contributed by atoms with Crippen molar-refractivity contribution >= 4 is 28.2 Å². The molecule has 4 aromatic rings. The van der Waals surface area contributed by atoms with Crippen molar-refractivity contribution < 1.29 is 9.84 Å². The van der Waals surface area contributed by atoms with E-state index >= 15 is 0 Å². The number of ether oxygens (including phenoxy) is 1. The summed E-state index contributed by atoms with van der Waals surface area (Å²) in [7, 11) is 1.92. The lowest BCUT2D eigenvalue weighted by Crippen LogP contribution is -2.36. The first kappa shape index (κ1) is 18.9. The summed E-state index contributed by atoms with van der Waals surface area (Å²) in [4.78, 5) is 7.20. The number of aromatic hydroxyl groups is 1. The largest absolute Gasteiger partial charge is 0.507 e. The quantitative estimate of drug-likeness (QED) is 0.540. The normalized spacial score (nSPS) is 14.4. The topological polar surface area (TPSA) is 76.3 Å². The van der Waals surface area contributed by atoms with E-state index in [4.69, 9.17) is 4.74 Å². The van der Waals surface area contributed by atoms with E-state index in [0.717, 1.165) is 45.8 Å². The van der Waals surface area contributed by atoms with E-state index < -0.39 is 0 Å². The van der Waals surface area contributed by atoms with Gasteiger partial charge in [0.1, 0.15) is 5.75 Å². The Morgan fingerprint density at radius 2 is 1.83 bits per heavy atom. The molecule has 0 spiro atoms. The van der Waals surface area contributed by atoms with E-state index in [9.17, 15) is 5.11 Å². The van der Waals surface area contributed by atoms with Crippen LogP contribution in [-0.4, -0.2) is 51.2 Å². The van der Waals surface area contributed by atoms with Crippen LogP contribution in [0.4, 0.5) is 5.69 Å². The minimum atomic E-state index is 0.242. The molecule has 0 radical (unpaired) electrons. The van der Waals surface area contributed by atoms with Crippen LogP contribution >= 0.6 is 11.8 Å². The zero-order valence-electron chi connectivity index (χ0n) is 16.5. The van der Waals surface area contributed by atoms with E-state index in [2.05, 4.69) is 26.1 Å². The Bertz CT molecular complexity index is 1190. The zero-order chi connectivity index (χ0) is 20.5. The molecule has 0 atom stereocenters. The first-order valence-electron chi connectivity index (χ1n) is 9.77. The number of anilines is 1. The van der Waals surface area contributed by atoms with Gasteiger partial charge in [0, 0.05) is 60.6 Å². The van der Waals surface area contributed by atoms with Crippen molar-refractivity contribution in [3.05, 3.63) is 54.9 Å². The second-order valence-corrected chi connectivity index (χ2v) is 8.08. The fourth-order valence-corrected chi connectivity index (χ4v) is 4.67. The zero-order valence-corrected chi connectivity index (χ0v) is 17.3. The maximum absolute atomic E-state index is 10.9. The summed E-state index contributed by atoms with van der Waals surface area (Å²) in [6.45, 7) is 3.02. The SMILES string of the molecule is Cn1c(Sc2c(O)cc(N3CCOCC3)c3ccccc23)nnc1-c1cccnc1. The summed E-state index contributed by atoms with van der Waals surface area (Å²) >= 11 is 1.42. The van der Waals surface area contributed by atoms with Gasteiger partial charge in [-0.2, -0.15) is 0 Å². The molecule has 2 aromatic carbocycles. The molecule has 1 fully saturated rings. The van der Waals surface area contributed by atoms with Crippen LogP contribution in [0.2, 0.25) is 0 Å². The number of nitrogens with zero attached hydrogens (tertiary/aromatic N) is 5. The van der Waals surface area contributed by atoms with Gasteiger partial charge < -0.3 is 19.3 Å². The van der Waals surface area contributed by atoms with Crippen molar-refractivity contribution in [2.24, 2.45) is 7.05 Å². The van der Waals surface area contributed by atoms with Gasteiger partial charge in [0.25, 0.3) is 0 Å².